The van der Waals surface area contributed by atoms with Crippen molar-refractivity contribution in [3.63, 3.8) is 0 Å². The Morgan fingerprint density at radius 3 is 2.68 bits per heavy atom. The third-order valence-corrected chi connectivity index (χ3v) is 3.98. The minimum atomic E-state index is -0.262. The Morgan fingerprint density at radius 1 is 1.42 bits per heavy atom. The van der Waals surface area contributed by atoms with E-state index in [4.69, 9.17) is 0 Å². The standard InChI is InChI=1S/C14H17BrN2O2/c1-9(2)17-8-10(7-13(17)18)14(19)16-12-6-4-3-5-11(12)15/h3-6,9-10H,7-8H2,1-2H3,(H,16,19)/t10-/m1/s1. The number of hydrogen-bond acceptors (Lipinski definition) is 2. The minimum Gasteiger partial charge on any atom is -0.339 e. The first kappa shape index (κ1) is 14.1. The summed E-state index contributed by atoms with van der Waals surface area (Å²) >= 11 is 3.39. The van der Waals surface area contributed by atoms with E-state index >= 15 is 0 Å². The molecule has 0 aliphatic carbocycles. The summed E-state index contributed by atoms with van der Waals surface area (Å²) in [7, 11) is 0. The topological polar surface area (TPSA) is 49.4 Å². The van der Waals surface area contributed by atoms with Crippen LogP contribution in [0.5, 0.6) is 0 Å². The van der Waals surface area contributed by atoms with E-state index in [9.17, 15) is 9.59 Å². The summed E-state index contributed by atoms with van der Waals surface area (Å²) in [5.41, 5.74) is 0.739. The van der Waals surface area contributed by atoms with Crippen LogP contribution in [0.2, 0.25) is 0 Å². The Labute approximate surface area is 121 Å². The van der Waals surface area contributed by atoms with Gasteiger partial charge in [0.05, 0.1) is 11.6 Å². The van der Waals surface area contributed by atoms with Crippen LogP contribution in [0, 0.1) is 5.92 Å². The van der Waals surface area contributed by atoms with Crippen LogP contribution in [-0.4, -0.2) is 29.3 Å². The van der Waals surface area contributed by atoms with Crippen LogP contribution in [0.3, 0.4) is 0 Å². The van der Waals surface area contributed by atoms with Gasteiger partial charge in [0.25, 0.3) is 0 Å². The van der Waals surface area contributed by atoms with Crippen molar-refractivity contribution < 1.29 is 9.59 Å². The van der Waals surface area contributed by atoms with Crippen molar-refractivity contribution in [3.05, 3.63) is 28.7 Å². The first-order valence-electron chi connectivity index (χ1n) is 6.34. The summed E-state index contributed by atoms with van der Waals surface area (Å²) in [6.45, 7) is 4.44. The van der Waals surface area contributed by atoms with Gasteiger partial charge in [0.2, 0.25) is 11.8 Å². The van der Waals surface area contributed by atoms with Gasteiger partial charge >= 0.3 is 0 Å². The highest BCUT2D eigenvalue weighted by atomic mass is 79.9. The molecule has 0 aromatic heterocycles. The van der Waals surface area contributed by atoms with Crippen molar-refractivity contribution in [1.82, 2.24) is 4.90 Å². The van der Waals surface area contributed by atoms with Gasteiger partial charge in [-0.25, -0.2) is 0 Å². The highest BCUT2D eigenvalue weighted by molar-refractivity contribution is 9.10. The zero-order valence-electron chi connectivity index (χ0n) is 11.0. The number of amides is 2. The van der Waals surface area contributed by atoms with Crippen molar-refractivity contribution in [1.29, 1.82) is 0 Å². The molecular formula is C14H17BrN2O2. The monoisotopic (exact) mass is 324 g/mol. The maximum Gasteiger partial charge on any atom is 0.229 e. The number of carbonyl (C=O) groups is 2. The number of halogens is 1. The molecule has 0 bridgehead atoms. The van der Waals surface area contributed by atoms with Crippen molar-refractivity contribution in [2.45, 2.75) is 26.3 Å². The second-order valence-corrected chi connectivity index (χ2v) is 5.86. The molecule has 1 aliphatic heterocycles. The van der Waals surface area contributed by atoms with E-state index in [1.54, 1.807) is 4.90 Å². The molecule has 0 unspecified atom stereocenters. The van der Waals surface area contributed by atoms with Crippen LogP contribution in [0.25, 0.3) is 0 Å². The van der Waals surface area contributed by atoms with Crippen LogP contribution in [0.4, 0.5) is 5.69 Å². The maximum atomic E-state index is 12.2. The van der Waals surface area contributed by atoms with Crippen LogP contribution in [0.1, 0.15) is 20.3 Å². The Hall–Kier alpha value is -1.36. The van der Waals surface area contributed by atoms with Gasteiger partial charge in [-0.15, -0.1) is 0 Å². The molecule has 1 heterocycles. The van der Waals surface area contributed by atoms with E-state index in [1.807, 2.05) is 38.1 Å². The Bertz CT molecular complexity index is 502. The lowest BCUT2D eigenvalue weighted by molar-refractivity contribution is -0.129. The van der Waals surface area contributed by atoms with Crippen molar-refractivity contribution in [2.24, 2.45) is 5.92 Å². The average Bonchev–Trinajstić information content (AvgIpc) is 2.74. The Morgan fingerprint density at radius 2 is 2.11 bits per heavy atom. The molecule has 0 radical (unpaired) electrons. The average molecular weight is 325 g/mol. The van der Waals surface area contributed by atoms with Gasteiger partial charge in [-0.05, 0) is 41.9 Å². The molecule has 4 nitrogen and oxygen atoms in total. The maximum absolute atomic E-state index is 12.2. The van der Waals surface area contributed by atoms with E-state index in [1.165, 1.54) is 0 Å². The minimum absolute atomic E-state index is 0.0577. The Kier molecular flexibility index (Phi) is 4.24. The van der Waals surface area contributed by atoms with Crippen LogP contribution in [-0.2, 0) is 9.59 Å². The molecule has 1 N–H and O–H groups in total. The van der Waals surface area contributed by atoms with E-state index < -0.39 is 0 Å². The SMILES string of the molecule is CC(C)N1C[C@H](C(=O)Nc2ccccc2Br)CC1=O. The number of carbonyl (C=O) groups excluding carboxylic acids is 2. The van der Waals surface area contributed by atoms with Gasteiger partial charge in [0.1, 0.15) is 0 Å². The molecule has 1 aromatic carbocycles. The summed E-state index contributed by atoms with van der Waals surface area (Å²) in [5.74, 6) is -0.298. The fraction of sp³-hybridized carbons (Fsp3) is 0.429. The van der Waals surface area contributed by atoms with Crippen molar-refractivity contribution >= 4 is 33.4 Å². The normalized spacial score (nSPS) is 19.1. The van der Waals surface area contributed by atoms with Gasteiger partial charge in [-0.2, -0.15) is 0 Å². The second kappa shape index (κ2) is 5.74. The molecule has 1 aliphatic rings. The fourth-order valence-electron chi connectivity index (χ4n) is 2.20. The molecule has 1 fully saturated rings. The van der Waals surface area contributed by atoms with E-state index in [0.29, 0.717) is 13.0 Å². The highest BCUT2D eigenvalue weighted by Gasteiger charge is 2.35. The summed E-state index contributed by atoms with van der Waals surface area (Å²) in [6.07, 6.45) is 0.300. The summed E-state index contributed by atoms with van der Waals surface area (Å²) in [4.78, 5) is 25.7. The number of benzene rings is 1. The van der Waals surface area contributed by atoms with Gasteiger partial charge in [0, 0.05) is 23.5 Å². The van der Waals surface area contributed by atoms with E-state index in [-0.39, 0.29) is 23.8 Å². The molecule has 1 atom stereocenters. The molecule has 19 heavy (non-hydrogen) atoms. The molecule has 0 saturated carbocycles. The third-order valence-electron chi connectivity index (χ3n) is 3.28. The third kappa shape index (κ3) is 3.15. The molecular weight excluding hydrogens is 308 g/mol. The van der Waals surface area contributed by atoms with Crippen LogP contribution >= 0.6 is 15.9 Å². The number of likely N-dealkylation sites (tertiary alicyclic amines) is 1. The number of nitrogens with zero attached hydrogens (tertiary/aromatic N) is 1. The largest absolute Gasteiger partial charge is 0.339 e. The predicted octanol–water partition coefficient (Wildman–Crippen LogP) is 2.64. The zero-order chi connectivity index (χ0) is 14.0. The molecule has 2 rings (SSSR count). The molecule has 2 amide bonds. The molecule has 5 heteroatoms. The summed E-state index contributed by atoms with van der Waals surface area (Å²) in [5, 5.41) is 2.87. The second-order valence-electron chi connectivity index (χ2n) is 5.01. The zero-order valence-corrected chi connectivity index (χ0v) is 12.6. The lowest BCUT2D eigenvalue weighted by atomic mass is 10.1. The van der Waals surface area contributed by atoms with Gasteiger partial charge in [0.15, 0.2) is 0 Å². The highest BCUT2D eigenvalue weighted by Crippen LogP contribution is 2.25. The van der Waals surface area contributed by atoms with Crippen LogP contribution in [0.15, 0.2) is 28.7 Å². The quantitative estimate of drug-likeness (QED) is 0.929. The Balaban J connectivity index is 2.02. The number of nitrogens with one attached hydrogen (secondary N) is 1. The fourth-order valence-corrected chi connectivity index (χ4v) is 2.59. The van der Waals surface area contributed by atoms with Gasteiger partial charge in [-0.3, -0.25) is 9.59 Å². The number of rotatable bonds is 3. The van der Waals surface area contributed by atoms with Gasteiger partial charge < -0.3 is 10.2 Å². The first-order chi connectivity index (χ1) is 8.99. The van der Waals surface area contributed by atoms with Crippen LogP contribution < -0.4 is 5.32 Å². The predicted molar refractivity (Wildman–Crippen MR) is 77.7 cm³/mol. The summed E-state index contributed by atoms with van der Waals surface area (Å²) < 4.78 is 0.841. The van der Waals surface area contributed by atoms with Crippen molar-refractivity contribution in [2.75, 3.05) is 11.9 Å². The van der Waals surface area contributed by atoms with Crippen molar-refractivity contribution in [3.8, 4) is 0 Å². The lowest BCUT2D eigenvalue weighted by Crippen LogP contribution is -2.33. The molecule has 1 saturated heterocycles. The van der Waals surface area contributed by atoms with E-state index in [0.717, 1.165) is 10.2 Å². The number of para-hydroxylation sites is 1. The molecule has 1 aromatic rings. The van der Waals surface area contributed by atoms with Gasteiger partial charge in [-0.1, -0.05) is 12.1 Å². The molecule has 0 spiro atoms. The number of hydrogen-bond donors (Lipinski definition) is 1. The molecule has 102 valence electrons. The first-order valence-corrected chi connectivity index (χ1v) is 7.13. The number of anilines is 1. The smallest absolute Gasteiger partial charge is 0.229 e. The lowest BCUT2D eigenvalue weighted by Gasteiger charge is -2.20. The summed E-state index contributed by atoms with van der Waals surface area (Å²) in [6, 6.07) is 7.60. The van der Waals surface area contributed by atoms with E-state index in [2.05, 4.69) is 21.2 Å².